The molecule has 0 saturated heterocycles. The number of aliphatic carboxylic acids is 1. The molecule has 1 aliphatic heterocycles. The van der Waals surface area contributed by atoms with Crippen LogP contribution in [0.25, 0.3) is 16.7 Å². The second-order valence-corrected chi connectivity index (χ2v) is 11.5. The molecule has 0 radical (unpaired) electrons. The Morgan fingerprint density at radius 3 is 2.67 bits per heavy atom. The average Bonchev–Trinajstić information content (AvgIpc) is 3.45. The Morgan fingerprint density at radius 1 is 1.20 bits per heavy atom. The van der Waals surface area contributed by atoms with E-state index in [2.05, 4.69) is 20.7 Å². The number of urea groups is 1. The summed E-state index contributed by atoms with van der Waals surface area (Å²) in [5.74, 6) is -1.39. The number of aromatic nitrogens is 3. The van der Waals surface area contributed by atoms with Crippen LogP contribution in [0.5, 0.6) is 11.5 Å². The van der Waals surface area contributed by atoms with Crippen LogP contribution in [0.1, 0.15) is 43.4 Å². The zero-order valence-corrected chi connectivity index (χ0v) is 25.6. The molecule has 5 rings (SSSR count). The van der Waals surface area contributed by atoms with Gasteiger partial charge >= 0.3 is 18.2 Å². The van der Waals surface area contributed by atoms with E-state index in [4.69, 9.17) is 9.47 Å². The maximum absolute atomic E-state index is 13.5. The molecule has 3 N–H and O–H groups in total. The van der Waals surface area contributed by atoms with Crippen LogP contribution in [0.15, 0.2) is 42.6 Å². The summed E-state index contributed by atoms with van der Waals surface area (Å²) >= 11 is 0. The van der Waals surface area contributed by atoms with E-state index in [1.54, 1.807) is 26.1 Å². The summed E-state index contributed by atoms with van der Waals surface area (Å²) in [4.78, 5) is 44.6. The molecular weight excluding hydrogens is 609 g/mol. The summed E-state index contributed by atoms with van der Waals surface area (Å²) in [5, 5.41) is 19.4. The number of halogens is 3. The molecule has 2 aromatic heterocycles. The van der Waals surface area contributed by atoms with Gasteiger partial charge in [-0.25, -0.2) is 19.3 Å². The van der Waals surface area contributed by atoms with E-state index in [-0.39, 0.29) is 36.9 Å². The number of aryl methyl sites for hydroxylation is 1. The van der Waals surface area contributed by atoms with Crippen LogP contribution < -0.4 is 20.1 Å². The molecule has 3 heterocycles. The van der Waals surface area contributed by atoms with Gasteiger partial charge in [0.1, 0.15) is 23.1 Å². The van der Waals surface area contributed by atoms with Crippen LogP contribution in [-0.2, 0) is 15.8 Å². The summed E-state index contributed by atoms with van der Waals surface area (Å²) in [7, 11) is 3.09. The maximum atomic E-state index is 13.5. The highest BCUT2D eigenvalue weighted by Gasteiger charge is 2.60. The van der Waals surface area contributed by atoms with Crippen molar-refractivity contribution >= 4 is 28.8 Å². The minimum Gasteiger partial charge on any atom is -0.496 e. The standard InChI is InChI=1S/C31H35F3N6O6/c1-18-22(45-3)10-9-20-23(16-25(36-26(18)20)40-14-11-24(38-40)31(32,33)34)46-15-12-21-27(41)37-30(28(42)43)17-19(30)8-6-4-5-7-13-39(2)29(44)35-21/h6,8-11,14,16,19,21H,4-5,7,12-13,15,17H2,1-3H3,(H,35,44)(H,37,41)(H,42,43)/b8-6-. The van der Waals surface area contributed by atoms with Crippen LogP contribution in [-0.4, -0.2) is 81.6 Å². The highest BCUT2D eigenvalue weighted by Crippen LogP contribution is 2.45. The van der Waals surface area contributed by atoms with E-state index in [0.717, 1.165) is 36.2 Å². The molecule has 1 aromatic carbocycles. The molecule has 3 unspecified atom stereocenters. The summed E-state index contributed by atoms with van der Waals surface area (Å²) in [6.45, 7) is 2.09. The quantitative estimate of drug-likeness (QED) is 0.324. The van der Waals surface area contributed by atoms with Crippen LogP contribution in [0.2, 0.25) is 0 Å². The summed E-state index contributed by atoms with van der Waals surface area (Å²) in [6, 6.07) is 4.02. The third-order valence-electron chi connectivity index (χ3n) is 8.32. The minimum absolute atomic E-state index is 0.0457. The van der Waals surface area contributed by atoms with Gasteiger partial charge in [-0.05, 0) is 50.8 Å². The number of ether oxygens (including phenoxy) is 2. The first-order valence-electron chi connectivity index (χ1n) is 14.8. The summed E-state index contributed by atoms with van der Waals surface area (Å²) in [5.41, 5.74) is -1.54. The molecule has 3 amide bonds. The van der Waals surface area contributed by atoms with E-state index in [0.29, 0.717) is 28.8 Å². The van der Waals surface area contributed by atoms with Gasteiger partial charge in [0, 0.05) is 49.1 Å². The first-order valence-corrected chi connectivity index (χ1v) is 14.8. The predicted octanol–water partition coefficient (Wildman–Crippen LogP) is 4.23. The second kappa shape index (κ2) is 12.9. The topological polar surface area (TPSA) is 148 Å². The molecule has 3 atom stereocenters. The molecule has 12 nitrogen and oxygen atoms in total. The summed E-state index contributed by atoms with van der Waals surface area (Å²) in [6.07, 6.45) is 2.69. The van der Waals surface area contributed by atoms with Crippen molar-refractivity contribution in [3.05, 3.63) is 53.9 Å². The molecule has 2 aliphatic rings. The number of rotatable bonds is 7. The number of alkyl halides is 3. The number of carbonyl (C=O) groups is 3. The second-order valence-electron chi connectivity index (χ2n) is 11.5. The number of hydrogen-bond acceptors (Lipinski definition) is 7. The van der Waals surface area contributed by atoms with Gasteiger partial charge in [0.05, 0.1) is 19.2 Å². The molecule has 1 saturated carbocycles. The molecule has 1 fully saturated rings. The van der Waals surface area contributed by atoms with Gasteiger partial charge < -0.3 is 30.1 Å². The number of benzene rings is 1. The fraction of sp³-hybridized carbons (Fsp3) is 0.452. The molecule has 0 bridgehead atoms. The van der Waals surface area contributed by atoms with Crippen molar-refractivity contribution in [2.45, 2.75) is 56.8 Å². The number of amides is 3. The van der Waals surface area contributed by atoms with Crippen molar-refractivity contribution in [3.8, 4) is 17.3 Å². The van der Waals surface area contributed by atoms with Crippen molar-refractivity contribution in [3.63, 3.8) is 0 Å². The Morgan fingerprint density at radius 2 is 1.98 bits per heavy atom. The monoisotopic (exact) mass is 644 g/mol. The number of pyridine rings is 1. The largest absolute Gasteiger partial charge is 0.496 e. The normalized spacial score (nSPS) is 23.1. The SMILES string of the molecule is COc1ccc2c(OCCC3NC(=O)N(C)CCCC/C=C\C4CC4(C(=O)O)NC3=O)cc(-n3ccc(C(F)(F)F)n3)nc2c1C. The van der Waals surface area contributed by atoms with Crippen LogP contribution in [0.3, 0.4) is 0 Å². The number of carboxylic acid groups (broad SMARTS) is 1. The summed E-state index contributed by atoms with van der Waals surface area (Å²) < 4.78 is 52.3. The van der Waals surface area contributed by atoms with Gasteiger partial charge in [0.15, 0.2) is 11.5 Å². The number of methoxy groups -OCH3 is 1. The van der Waals surface area contributed by atoms with Crippen molar-refractivity contribution in [1.29, 1.82) is 0 Å². The van der Waals surface area contributed by atoms with Crippen molar-refractivity contribution < 1.29 is 42.1 Å². The molecule has 46 heavy (non-hydrogen) atoms. The lowest BCUT2D eigenvalue weighted by Gasteiger charge is -2.25. The Kier molecular flexibility index (Phi) is 9.13. The lowest BCUT2D eigenvalue weighted by molar-refractivity contribution is -0.143. The van der Waals surface area contributed by atoms with Gasteiger partial charge in [0.2, 0.25) is 5.91 Å². The van der Waals surface area contributed by atoms with Gasteiger partial charge in [-0.3, -0.25) is 4.79 Å². The van der Waals surface area contributed by atoms with Crippen LogP contribution in [0, 0.1) is 12.8 Å². The Bertz CT molecular complexity index is 1670. The zero-order valence-electron chi connectivity index (χ0n) is 25.6. The Balaban J connectivity index is 1.42. The first kappa shape index (κ1) is 32.6. The van der Waals surface area contributed by atoms with Crippen molar-refractivity contribution in [2.24, 2.45) is 5.92 Å². The average molecular weight is 645 g/mol. The number of hydrogen-bond donors (Lipinski definition) is 3. The molecule has 246 valence electrons. The number of nitrogens with one attached hydrogen (secondary N) is 2. The fourth-order valence-electron chi connectivity index (χ4n) is 5.49. The highest BCUT2D eigenvalue weighted by molar-refractivity contribution is 5.94. The van der Waals surface area contributed by atoms with Crippen LogP contribution in [0.4, 0.5) is 18.0 Å². The van der Waals surface area contributed by atoms with Crippen LogP contribution >= 0.6 is 0 Å². The minimum atomic E-state index is -4.65. The number of carboxylic acids is 1. The van der Waals surface area contributed by atoms with E-state index in [1.165, 1.54) is 18.1 Å². The van der Waals surface area contributed by atoms with E-state index < -0.39 is 41.4 Å². The Labute approximate surface area is 262 Å². The molecular formula is C31H35F3N6O6. The van der Waals surface area contributed by atoms with E-state index in [1.807, 2.05) is 12.2 Å². The van der Waals surface area contributed by atoms with Gasteiger partial charge in [-0.2, -0.15) is 18.3 Å². The zero-order chi connectivity index (χ0) is 33.2. The lowest BCUT2D eigenvalue weighted by Crippen LogP contribution is -2.55. The Hall–Kier alpha value is -4.82. The number of nitrogens with zero attached hydrogens (tertiary/aromatic N) is 4. The lowest BCUT2D eigenvalue weighted by atomic mass is 10.1. The molecule has 1 aliphatic carbocycles. The predicted molar refractivity (Wildman–Crippen MR) is 160 cm³/mol. The van der Waals surface area contributed by atoms with E-state index >= 15 is 0 Å². The van der Waals surface area contributed by atoms with E-state index in [9.17, 15) is 32.7 Å². The number of allylic oxidation sites excluding steroid dienone is 1. The maximum Gasteiger partial charge on any atom is 0.435 e. The molecule has 0 spiro atoms. The highest BCUT2D eigenvalue weighted by atomic mass is 19.4. The van der Waals surface area contributed by atoms with Gasteiger partial charge in [-0.15, -0.1) is 0 Å². The molecule has 3 aromatic rings. The molecule has 15 heteroatoms. The third-order valence-corrected chi connectivity index (χ3v) is 8.32. The number of carbonyl (C=O) groups excluding carboxylic acids is 2. The number of fused-ring (bicyclic) bond motifs is 2. The fourth-order valence-corrected chi connectivity index (χ4v) is 5.49. The third kappa shape index (κ3) is 6.72. The van der Waals surface area contributed by atoms with Gasteiger partial charge in [0.25, 0.3) is 0 Å². The first-order chi connectivity index (χ1) is 21.8. The van der Waals surface area contributed by atoms with Crippen molar-refractivity contribution in [1.82, 2.24) is 30.3 Å². The van der Waals surface area contributed by atoms with Crippen molar-refractivity contribution in [2.75, 3.05) is 27.3 Å². The van der Waals surface area contributed by atoms with Gasteiger partial charge in [-0.1, -0.05) is 12.2 Å². The smallest absolute Gasteiger partial charge is 0.435 e.